The second-order valence-electron chi connectivity index (χ2n) is 16.7. The molecule has 5 heteroatoms. The maximum atomic E-state index is 3.74. The van der Waals surface area contributed by atoms with Crippen LogP contribution in [-0.4, -0.2) is 8.07 Å². The average molecular weight is 895 g/mol. The maximum absolute atomic E-state index is 3.74. The third kappa shape index (κ3) is 6.95. The van der Waals surface area contributed by atoms with Crippen LogP contribution in [0.4, 0.5) is 28.4 Å². The summed E-state index contributed by atoms with van der Waals surface area (Å²) < 4.78 is 5.19. The molecule has 0 bridgehead atoms. The summed E-state index contributed by atoms with van der Waals surface area (Å²) >= 11 is 3.72. The van der Waals surface area contributed by atoms with Gasteiger partial charge in [-0.25, -0.2) is 0 Å². The molecule has 11 aromatic rings. The van der Waals surface area contributed by atoms with E-state index in [2.05, 4.69) is 258 Å². The Bertz CT molecular complexity index is 3730. The minimum Gasteiger partial charge on any atom is -0.337 e. The van der Waals surface area contributed by atoms with E-state index >= 15 is 0 Å². The van der Waals surface area contributed by atoms with Gasteiger partial charge in [-0.05, 0) is 106 Å². The van der Waals surface area contributed by atoms with Gasteiger partial charge in [-0.1, -0.05) is 169 Å². The first-order valence-electron chi connectivity index (χ1n) is 22.4. The molecule has 2 nitrogen and oxygen atoms in total. The highest BCUT2D eigenvalue weighted by atomic mass is 32.1. The van der Waals surface area contributed by atoms with Crippen molar-refractivity contribution in [1.29, 1.82) is 0 Å². The summed E-state index contributed by atoms with van der Waals surface area (Å²) in [5.41, 5.74) is 14.1. The molecule has 2 aromatic heterocycles. The number of fused-ring (bicyclic) bond motifs is 6. The highest BCUT2D eigenvalue weighted by molar-refractivity contribution is 7.26. The van der Waals surface area contributed by atoms with Crippen LogP contribution in [0.5, 0.6) is 0 Å². The van der Waals surface area contributed by atoms with E-state index in [4.69, 9.17) is 0 Å². The standard InChI is InChI=1S/C61H42N2S2Si/c1-5-21-45(22-6-1)62(47-36-38-55-53-31-14-16-33-57(53)65-60(55)42-47)43-44-20-13-18-35-61(44)66(50-26-9-3-10-27-50,51-28-11-4-12-29-51)52-30-19-25-48(40-52)63(46-23-7-2-8-24-46)49-37-39-59-56(41-49)54-32-15-17-34-58(54)64-59/h1-11,13-28,30-42H,43H2. The smallest absolute Gasteiger partial charge is 0.189 e. The lowest BCUT2D eigenvalue weighted by atomic mass is 10.1. The van der Waals surface area contributed by atoms with Crippen LogP contribution in [0.1, 0.15) is 5.56 Å². The van der Waals surface area contributed by atoms with Crippen molar-refractivity contribution in [3.63, 3.8) is 0 Å². The first-order chi connectivity index (χ1) is 32.7. The zero-order valence-electron chi connectivity index (χ0n) is 36.0. The van der Waals surface area contributed by atoms with Gasteiger partial charge in [-0.2, -0.15) is 0 Å². The lowest BCUT2D eigenvalue weighted by Gasteiger charge is -2.37. The number of anilines is 5. The molecule has 0 saturated heterocycles. The van der Waals surface area contributed by atoms with Gasteiger partial charge in [-0.3, -0.25) is 0 Å². The van der Waals surface area contributed by atoms with E-state index in [0.717, 1.165) is 33.6 Å². The van der Waals surface area contributed by atoms with Crippen molar-refractivity contribution in [2.75, 3.05) is 9.80 Å². The number of allylic oxidation sites excluding steroid dienone is 4. The van der Waals surface area contributed by atoms with Gasteiger partial charge in [0.1, 0.15) is 0 Å². The van der Waals surface area contributed by atoms with Crippen molar-refractivity contribution in [3.8, 4) is 0 Å². The van der Waals surface area contributed by atoms with Gasteiger partial charge in [0, 0.05) is 80.5 Å². The van der Waals surface area contributed by atoms with Gasteiger partial charge < -0.3 is 9.80 Å². The van der Waals surface area contributed by atoms with E-state index in [9.17, 15) is 0 Å². The molecule has 0 N–H and O–H groups in total. The number of rotatable bonds is 11. The Balaban J connectivity index is 1.07. The third-order valence-electron chi connectivity index (χ3n) is 12.9. The SMILES string of the molecule is C1=C=C([Si](c2ccccc2)(c2cccc(N(c3ccccc3)c3ccc4sc5ccccc5c4c3)c2)c2ccccc2CN(c2ccccc2)c2ccc3c(c2)sc2ccccc23)C=CC=1. The molecular weight excluding hydrogens is 853 g/mol. The van der Waals surface area contributed by atoms with Gasteiger partial charge in [-0.15, -0.1) is 22.7 Å². The second kappa shape index (κ2) is 17.0. The van der Waals surface area contributed by atoms with Crippen LogP contribution in [0.15, 0.2) is 259 Å². The van der Waals surface area contributed by atoms with Crippen LogP contribution >= 0.6 is 22.7 Å². The molecule has 1 unspecified atom stereocenters. The molecule has 312 valence electrons. The zero-order chi connectivity index (χ0) is 43.9. The van der Waals surface area contributed by atoms with E-state index in [1.54, 1.807) is 0 Å². The molecule has 0 radical (unpaired) electrons. The molecule has 1 atom stereocenters. The summed E-state index contributed by atoms with van der Waals surface area (Å²) in [7, 11) is -3.16. The minimum absolute atomic E-state index is 0.666. The molecule has 2 heterocycles. The Kier molecular flexibility index (Phi) is 10.3. The Morgan fingerprint density at radius 2 is 0.985 bits per heavy atom. The predicted octanol–water partition coefficient (Wildman–Crippen LogP) is 15.0. The average Bonchev–Trinajstić information content (AvgIpc) is 3.96. The van der Waals surface area contributed by atoms with Crippen molar-refractivity contribution in [2.45, 2.75) is 6.54 Å². The zero-order valence-corrected chi connectivity index (χ0v) is 38.6. The number of benzene rings is 9. The van der Waals surface area contributed by atoms with Crippen LogP contribution < -0.4 is 25.4 Å². The van der Waals surface area contributed by atoms with Crippen molar-refractivity contribution < 1.29 is 0 Å². The molecule has 0 fully saturated rings. The monoisotopic (exact) mass is 894 g/mol. The third-order valence-corrected chi connectivity index (χ3v) is 20.0. The van der Waals surface area contributed by atoms with Gasteiger partial charge in [0.05, 0.1) is 0 Å². The normalized spacial score (nSPS) is 13.1. The van der Waals surface area contributed by atoms with E-state index in [1.807, 2.05) is 28.7 Å². The molecule has 1 aliphatic rings. The summed E-state index contributed by atoms with van der Waals surface area (Å²) in [6.07, 6.45) is 6.39. The predicted molar refractivity (Wildman–Crippen MR) is 287 cm³/mol. The van der Waals surface area contributed by atoms with Gasteiger partial charge in [0.15, 0.2) is 8.07 Å². The summed E-state index contributed by atoms with van der Waals surface area (Å²) in [5.74, 6) is 0. The van der Waals surface area contributed by atoms with Crippen LogP contribution in [0, 0.1) is 0 Å². The number of para-hydroxylation sites is 2. The molecule has 1 aliphatic carbocycles. The van der Waals surface area contributed by atoms with E-state index in [1.165, 1.54) is 61.5 Å². The molecular formula is C61H42N2S2Si. The van der Waals surface area contributed by atoms with Crippen molar-refractivity contribution in [1.82, 2.24) is 0 Å². The highest BCUT2D eigenvalue weighted by Crippen LogP contribution is 2.41. The second-order valence-corrected chi connectivity index (χ2v) is 22.6. The summed E-state index contributed by atoms with van der Waals surface area (Å²) in [6, 6.07) is 82.8. The fraction of sp³-hybridized carbons (Fsp3) is 0.0164. The lowest BCUT2D eigenvalue weighted by Crippen LogP contribution is -2.69. The van der Waals surface area contributed by atoms with Crippen LogP contribution in [0.3, 0.4) is 0 Å². The van der Waals surface area contributed by atoms with Crippen LogP contribution in [-0.2, 0) is 6.54 Å². The molecule has 12 rings (SSSR count). The molecule has 0 amide bonds. The Hall–Kier alpha value is -7.72. The number of hydrogen-bond acceptors (Lipinski definition) is 4. The molecule has 9 aromatic carbocycles. The summed E-state index contributed by atoms with van der Waals surface area (Å²) in [5, 5.41) is 10.2. The molecule has 66 heavy (non-hydrogen) atoms. The Morgan fingerprint density at radius 1 is 0.409 bits per heavy atom. The molecule has 0 saturated carbocycles. The topological polar surface area (TPSA) is 6.48 Å². The Morgan fingerprint density at radius 3 is 1.74 bits per heavy atom. The summed E-state index contributed by atoms with van der Waals surface area (Å²) in [6.45, 7) is 0.666. The lowest BCUT2D eigenvalue weighted by molar-refractivity contribution is 0.982. The Labute approximate surface area is 393 Å². The fourth-order valence-corrected chi connectivity index (χ4v) is 17.1. The van der Waals surface area contributed by atoms with Gasteiger partial charge in [0.2, 0.25) is 0 Å². The maximum Gasteiger partial charge on any atom is 0.189 e. The van der Waals surface area contributed by atoms with Crippen LogP contribution in [0.2, 0.25) is 0 Å². The fourth-order valence-electron chi connectivity index (χ4n) is 9.97. The van der Waals surface area contributed by atoms with Crippen molar-refractivity contribution >= 4 is 115 Å². The number of nitrogens with zero attached hydrogens (tertiary/aromatic N) is 2. The van der Waals surface area contributed by atoms with E-state index in [-0.39, 0.29) is 0 Å². The van der Waals surface area contributed by atoms with Gasteiger partial charge in [0.25, 0.3) is 0 Å². The largest absolute Gasteiger partial charge is 0.337 e. The van der Waals surface area contributed by atoms with Gasteiger partial charge >= 0.3 is 0 Å². The molecule has 0 spiro atoms. The molecule has 0 aliphatic heterocycles. The van der Waals surface area contributed by atoms with Crippen molar-refractivity contribution in [3.05, 3.63) is 265 Å². The quantitative estimate of drug-likeness (QED) is 0.0725. The first-order valence-corrected chi connectivity index (χ1v) is 26.0. The minimum atomic E-state index is -3.16. The van der Waals surface area contributed by atoms with E-state index < -0.39 is 8.07 Å². The summed E-state index contributed by atoms with van der Waals surface area (Å²) in [4.78, 5) is 4.92. The van der Waals surface area contributed by atoms with E-state index in [0.29, 0.717) is 6.54 Å². The highest BCUT2D eigenvalue weighted by Gasteiger charge is 2.44. The van der Waals surface area contributed by atoms with Crippen molar-refractivity contribution in [2.24, 2.45) is 0 Å². The number of thiophene rings is 2. The number of hydrogen-bond donors (Lipinski definition) is 0. The van der Waals surface area contributed by atoms with Crippen LogP contribution in [0.25, 0.3) is 40.3 Å². The first kappa shape index (κ1) is 39.8.